The van der Waals surface area contributed by atoms with Crippen LogP contribution in [0.2, 0.25) is 5.02 Å². The van der Waals surface area contributed by atoms with E-state index in [4.69, 9.17) is 26.8 Å². The number of ether oxygens (including phenoxy) is 2. The van der Waals surface area contributed by atoms with Crippen LogP contribution in [-0.2, 0) is 4.74 Å². The highest BCUT2D eigenvalue weighted by Crippen LogP contribution is 2.32. The fourth-order valence-electron chi connectivity index (χ4n) is 1.33. The van der Waals surface area contributed by atoms with Crippen LogP contribution in [0, 0.1) is 0 Å². The SMILES string of the molecule is CCCOc1c(Cl)cc(N)cc1C(=O)OCC. The molecule has 5 heteroatoms. The third kappa shape index (κ3) is 3.53. The van der Waals surface area contributed by atoms with Crippen LogP contribution in [0.15, 0.2) is 12.1 Å². The Morgan fingerprint density at radius 2 is 2.12 bits per heavy atom. The van der Waals surface area contributed by atoms with E-state index in [-0.39, 0.29) is 5.56 Å². The molecule has 0 aliphatic carbocycles. The van der Waals surface area contributed by atoms with Gasteiger partial charge in [0.1, 0.15) is 5.56 Å². The quantitative estimate of drug-likeness (QED) is 0.651. The van der Waals surface area contributed by atoms with E-state index in [0.717, 1.165) is 6.42 Å². The van der Waals surface area contributed by atoms with Gasteiger partial charge in [0.15, 0.2) is 5.75 Å². The Balaban J connectivity index is 3.10. The van der Waals surface area contributed by atoms with Crippen molar-refractivity contribution in [2.45, 2.75) is 20.3 Å². The largest absolute Gasteiger partial charge is 0.491 e. The molecule has 0 heterocycles. The van der Waals surface area contributed by atoms with Crippen LogP contribution in [0.3, 0.4) is 0 Å². The number of carbonyl (C=O) groups excluding carboxylic acids is 1. The molecule has 1 aromatic carbocycles. The molecular weight excluding hydrogens is 242 g/mol. The molecule has 0 fully saturated rings. The van der Waals surface area contributed by atoms with Crippen LogP contribution in [0.5, 0.6) is 5.75 Å². The Hall–Kier alpha value is -1.42. The van der Waals surface area contributed by atoms with E-state index in [1.54, 1.807) is 13.0 Å². The molecule has 0 aromatic heterocycles. The Labute approximate surface area is 106 Å². The predicted octanol–water partition coefficient (Wildman–Crippen LogP) is 2.89. The molecule has 0 amide bonds. The number of esters is 1. The average molecular weight is 258 g/mol. The summed E-state index contributed by atoms with van der Waals surface area (Å²) in [5.74, 6) is -0.144. The standard InChI is InChI=1S/C12H16ClNO3/c1-3-5-17-11-9(12(15)16-4-2)6-8(14)7-10(11)13/h6-7H,3-5,14H2,1-2H3. The summed E-state index contributed by atoms with van der Waals surface area (Å²) in [5, 5.41) is 0.321. The van der Waals surface area contributed by atoms with Gasteiger partial charge in [-0.05, 0) is 25.5 Å². The van der Waals surface area contributed by atoms with Gasteiger partial charge in [-0.2, -0.15) is 0 Å². The van der Waals surface area contributed by atoms with Crippen molar-refractivity contribution in [1.82, 2.24) is 0 Å². The van der Waals surface area contributed by atoms with E-state index in [2.05, 4.69) is 0 Å². The van der Waals surface area contributed by atoms with E-state index in [9.17, 15) is 4.79 Å². The van der Waals surface area contributed by atoms with Gasteiger partial charge in [0.05, 0.1) is 18.2 Å². The minimum Gasteiger partial charge on any atom is -0.491 e. The minimum absolute atomic E-state index is 0.269. The molecule has 0 aliphatic heterocycles. The summed E-state index contributed by atoms with van der Waals surface area (Å²) >= 11 is 6.00. The van der Waals surface area contributed by atoms with Crippen molar-refractivity contribution in [3.8, 4) is 5.75 Å². The van der Waals surface area contributed by atoms with Gasteiger partial charge in [0, 0.05) is 5.69 Å². The van der Waals surface area contributed by atoms with Gasteiger partial charge in [-0.1, -0.05) is 18.5 Å². The molecule has 0 radical (unpaired) electrons. The Morgan fingerprint density at radius 3 is 2.71 bits per heavy atom. The highest BCUT2D eigenvalue weighted by atomic mass is 35.5. The summed E-state index contributed by atoms with van der Waals surface area (Å²) in [6.07, 6.45) is 0.822. The lowest BCUT2D eigenvalue weighted by Crippen LogP contribution is -2.09. The Morgan fingerprint density at radius 1 is 1.41 bits per heavy atom. The van der Waals surface area contributed by atoms with E-state index in [1.807, 2.05) is 6.92 Å². The van der Waals surface area contributed by atoms with Crippen LogP contribution >= 0.6 is 11.6 Å². The molecule has 0 unspecified atom stereocenters. The van der Waals surface area contributed by atoms with E-state index < -0.39 is 5.97 Å². The van der Waals surface area contributed by atoms with Crippen molar-refractivity contribution in [3.63, 3.8) is 0 Å². The molecule has 4 nitrogen and oxygen atoms in total. The first-order valence-corrected chi connectivity index (χ1v) is 5.86. The van der Waals surface area contributed by atoms with Crippen LogP contribution in [-0.4, -0.2) is 19.2 Å². The summed E-state index contributed by atoms with van der Waals surface area (Å²) < 4.78 is 10.4. The molecule has 1 aromatic rings. The third-order valence-corrected chi connectivity index (χ3v) is 2.29. The lowest BCUT2D eigenvalue weighted by Gasteiger charge is -2.12. The molecule has 0 aliphatic rings. The van der Waals surface area contributed by atoms with Gasteiger partial charge >= 0.3 is 5.97 Å². The van der Waals surface area contributed by atoms with Gasteiger partial charge in [-0.25, -0.2) is 4.79 Å². The van der Waals surface area contributed by atoms with E-state index in [1.165, 1.54) is 6.07 Å². The first-order chi connectivity index (χ1) is 8.10. The highest BCUT2D eigenvalue weighted by Gasteiger charge is 2.17. The highest BCUT2D eigenvalue weighted by molar-refractivity contribution is 6.33. The summed E-state index contributed by atoms with van der Waals surface area (Å²) in [6, 6.07) is 3.06. The minimum atomic E-state index is -0.479. The lowest BCUT2D eigenvalue weighted by atomic mass is 10.2. The maximum absolute atomic E-state index is 11.7. The van der Waals surface area contributed by atoms with E-state index >= 15 is 0 Å². The fourth-order valence-corrected chi connectivity index (χ4v) is 1.61. The second-order valence-corrected chi connectivity index (χ2v) is 3.86. The molecule has 0 atom stereocenters. The van der Waals surface area contributed by atoms with Gasteiger partial charge in [0.25, 0.3) is 0 Å². The van der Waals surface area contributed by atoms with Crippen molar-refractivity contribution in [2.24, 2.45) is 0 Å². The van der Waals surface area contributed by atoms with Crippen LogP contribution in [0.1, 0.15) is 30.6 Å². The third-order valence-electron chi connectivity index (χ3n) is 2.01. The second-order valence-electron chi connectivity index (χ2n) is 3.45. The number of hydrogen-bond donors (Lipinski definition) is 1. The van der Waals surface area contributed by atoms with Gasteiger partial charge < -0.3 is 15.2 Å². The van der Waals surface area contributed by atoms with Crippen molar-refractivity contribution in [1.29, 1.82) is 0 Å². The molecule has 0 saturated heterocycles. The first-order valence-electron chi connectivity index (χ1n) is 5.49. The molecule has 17 heavy (non-hydrogen) atoms. The topological polar surface area (TPSA) is 61.5 Å². The Kier molecular flexibility index (Phi) is 5.10. The molecule has 0 spiro atoms. The van der Waals surface area contributed by atoms with Crippen molar-refractivity contribution < 1.29 is 14.3 Å². The molecule has 2 N–H and O–H groups in total. The Bertz CT molecular complexity index is 407. The van der Waals surface area contributed by atoms with Crippen LogP contribution in [0.25, 0.3) is 0 Å². The fraction of sp³-hybridized carbons (Fsp3) is 0.417. The number of nitrogens with two attached hydrogens (primary N) is 1. The number of anilines is 1. The summed E-state index contributed by atoms with van der Waals surface area (Å²) in [7, 11) is 0. The number of benzene rings is 1. The summed E-state index contributed by atoms with van der Waals surface area (Å²) in [6.45, 7) is 4.47. The van der Waals surface area contributed by atoms with Crippen molar-refractivity contribution in [2.75, 3.05) is 18.9 Å². The molecule has 94 valence electrons. The number of hydrogen-bond acceptors (Lipinski definition) is 4. The number of nitrogen functional groups attached to an aromatic ring is 1. The molecule has 0 bridgehead atoms. The summed E-state index contributed by atoms with van der Waals surface area (Å²) in [5.41, 5.74) is 6.32. The smallest absolute Gasteiger partial charge is 0.342 e. The maximum Gasteiger partial charge on any atom is 0.342 e. The molecular formula is C12H16ClNO3. The number of rotatable bonds is 5. The van der Waals surface area contributed by atoms with Crippen LogP contribution < -0.4 is 10.5 Å². The first kappa shape index (κ1) is 13.6. The number of halogens is 1. The van der Waals surface area contributed by atoms with E-state index in [0.29, 0.717) is 29.7 Å². The average Bonchev–Trinajstić information content (AvgIpc) is 2.27. The second kappa shape index (κ2) is 6.35. The number of carbonyl (C=O) groups is 1. The van der Waals surface area contributed by atoms with Gasteiger partial charge in [0.2, 0.25) is 0 Å². The van der Waals surface area contributed by atoms with Crippen molar-refractivity contribution >= 4 is 23.3 Å². The van der Waals surface area contributed by atoms with Gasteiger partial charge in [-0.15, -0.1) is 0 Å². The zero-order valence-corrected chi connectivity index (χ0v) is 10.7. The monoisotopic (exact) mass is 257 g/mol. The predicted molar refractivity (Wildman–Crippen MR) is 67.6 cm³/mol. The zero-order chi connectivity index (χ0) is 12.8. The lowest BCUT2D eigenvalue weighted by molar-refractivity contribution is 0.0521. The zero-order valence-electron chi connectivity index (χ0n) is 9.96. The van der Waals surface area contributed by atoms with Crippen molar-refractivity contribution in [3.05, 3.63) is 22.7 Å². The van der Waals surface area contributed by atoms with Crippen LogP contribution in [0.4, 0.5) is 5.69 Å². The normalized spacial score (nSPS) is 10.1. The molecule has 1 rings (SSSR count). The molecule has 0 saturated carbocycles. The van der Waals surface area contributed by atoms with Gasteiger partial charge in [-0.3, -0.25) is 0 Å². The summed E-state index contributed by atoms with van der Waals surface area (Å²) in [4.78, 5) is 11.7. The maximum atomic E-state index is 11.7.